The number of rotatable bonds is 2. The number of nitrogens with two attached hydrogens (primary N) is 1. The van der Waals surface area contributed by atoms with Gasteiger partial charge in [0.1, 0.15) is 5.69 Å². The van der Waals surface area contributed by atoms with Crippen LogP contribution >= 0.6 is 0 Å². The van der Waals surface area contributed by atoms with E-state index in [9.17, 15) is 0 Å². The first-order chi connectivity index (χ1) is 11.3. The molecule has 0 spiro atoms. The summed E-state index contributed by atoms with van der Waals surface area (Å²) in [7, 11) is 0. The fourth-order valence-electron chi connectivity index (χ4n) is 4.13. The highest BCUT2D eigenvalue weighted by Gasteiger charge is 2.32. The number of anilines is 2. The van der Waals surface area contributed by atoms with E-state index in [2.05, 4.69) is 32.2 Å². The second kappa shape index (κ2) is 6.14. The normalized spacial score (nSPS) is 24.3. The molecule has 0 radical (unpaired) electrons. The van der Waals surface area contributed by atoms with Gasteiger partial charge in [-0.1, -0.05) is 49.6 Å². The Kier molecular flexibility index (Phi) is 3.85. The number of benzene rings is 1. The Morgan fingerprint density at radius 2 is 1.74 bits per heavy atom. The van der Waals surface area contributed by atoms with Gasteiger partial charge in [0, 0.05) is 18.7 Å². The number of aromatic nitrogens is 3. The topological polar surface area (TPSA) is 67.9 Å². The third-order valence-electron chi connectivity index (χ3n) is 5.32. The third-order valence-corrected chi connectivity index (χ3v) is 5.32. The molecule has 0 amide bonds. The number of hydrogen-bond acceptors (Lipinski definition) is 5. The third kappa shape index (κ3) is 2.87. The zero-order valence-corrected chi connectivity index (χ0v) is 13.4. The van der Waals surface area contributed by atoms with Gasteiger partial charge in [0.2, 0.25) is 5.95 Å². The van der Waals surface area contributed by atoms with Gasteiger partial charge in [0.05, 0.1) is 0 Å². The molecule has 1 aliphatic heterocycles. The van der Waals surface area contributed by atoms with E-state index in [1.54, 1.807) is 0 Å². The van der Waals surface area contributed by atoms with E-state index in [0.717, 1.165) is 42.0 Å². The van der Waals surface area contributed by atoms with Gasteiger partial charge in [-0.2, -0.15) is 0 Å². The molecule has 2 aromatic rings. The number of fused-ring (bicyclic) bond motifs is 1. The highest BCUT2D eigenvalue weighted by molar-refractivity contribution is 5.72. The molecule has 1 aliphatic carbocycles. The Morgan fingerprint density at radius 1 is 0.957 bits per heavy atom. The summed E-state index contributed by atoms with van der Waals surface area (Å²) in [5.74, 6) is 2.81. The summed E-state index contributed by atoms with van der Waals surface area (Å²) in [6.45, 7) is 2.12. The van der Waals surface area contributed by atoms with Crippen molar-refractivity contribution in [1.82, 2.24) is 15.2 Å². The Hall–Kier alpha value is -2.17. The summed E-state index contributed by atoms with van der Waals surface area (Å²) in [5.41, 5.74) is 7.70. The quantitative estimate of drug-likeness (QED) is 0.923. The summed E-state index contributed by atoms with van der Waals surface area (Å²) in [6, 6.07) is 10.2. The molecule has 2 unspecified atom stereocenters. The first-order valence-electron chi connectivity index (χ1n) is 8.62. The van der Waals surface area contributed by atoms with Crippen LogP contribution in [0.25, 0.3) is 11.3 Å². The van der Waals surface area contributed by atoms with E-state index in [4.69, 9.17) is 5.73 Å². The largest absolute Gasteiger partial charge is 0.366 e. The summed E-state index contributed by atoms with van der Waals surface area (Å²) in [4.78, 5) is 6.85. The number of nitrogen functional groups attached to an aromatic ring is 1. The second-order valence-corrected chi connectivity index (χ2v) is 6.75. The van der Waals surface area contributed by atoms with Crippen LogP contribution < -0.4 is 10.6 Å². The van der Waals surface area contributed by atoms with E-state index in [-0.39, 0.29) is 5.95 Å². The molecule has 23 heavy (non-hydrogen) atoms. The Balaban J connectivity index is 1.66. The highest BCUT2D eigenvalue weighted by atomic mass is 15.3. The van der Waals surface area contributed by atoms with E-state index in [1.165, 1.54) is 32.1 Å². The molecule has 1 saturated heterocycles. The number of piperidine rings is 1. The van der Waals surface area contributed by atoms with Crippen LogP contribution in [0.1, 0.15) is 32.1 Å². The molecule has 0 bridgehead atoms. The van der Waals surface area contributed by atoms with Crippen molar-refractivity contribution in [3.05, 3.63) is 30.3 Å². The lowest BCUT2D eigenvalue weighted by molar-refractivity contribution is 0.202. The van der Waals surface area contributed by atoms with Crippen LogP contribution in [0.4, 0.5) is 11.8 Å². The van der Waals surface area contributed by atoms with E-state index in [0.29, 0.717) is 0 Å². The predicted molar refractivity (Wildman–Crippen MR) is 92.0 cm³/mol. The molecule has 120 valence electrons. The fourth-order valence-corrected chi connectivity index (χ4v) is 4.13. The van der Waals surface area contributed by atoms with Crippen molar-refractivity contribution in [3.8, 4) is 11.3 Å². The molecule has 2 atom stereocenters. The molecule has 1 saturated carbocycles. The van der Waals surface area contributed by atoms with Gasteiger partial charge in [-0.3, -0.25) is 0 Å². The minimum Gasteiger partial charge on any atom is -0.366 e. The summed E-state index contributed by atoms with van der Waals surface area (Å²) < 4.78 is 0. The van der Waals surface area contributed by atoms with Crippen molar-refractivity contribution >= 4 is 11.8 Å². The number of nitrogens with zero attached hydrogens (tertiary/aromatic N) is 4. The molecular weight excluding hydrogens is 286 g/mol. The summed E-state index contributed by atoms with van der Waals surface area (Å²) >= 11 is 0. The predicted octanol–water partition coefficient (Wildman–Crippen LogP) is 3.14. The standard InChI is InChI=1S/C18H23N5/c19-18-20-16(14-7-2-1-3-8-14)17(21-22-18)23-11-10-13-6-4-5-9-15(13)12-23/h1-3,7-8,13,15H,4-6,9-12H2,(H2,19,20,22). The van der Waals surface area contributed by atoms with Crippen LogP contribution in [0.15, 0.2) is 30.3 Å². The molecule has 4 rings (SSSR count). The average Bonchev–Trinajstić information content (AvgIpc) is 2.62. The molecule has 2 aliphatic rings. The van der Waals surface area contributed by atoms with Gasteiger partial charge >= 0.3 is 0 Å². The zero-order valence-electron chi connectivity index (χ0n) is 13.4. The van der Waals surface area contributed by atoms with Gasteiger partial charge in [0.25, 0.3) is 0 Å². The van der Waals surface area contributed by atoms with Crippen molar-refractivity contribution in [1.29, 1.82) is 0 Å². The van der Waals surface area contributed by atoms with Crippen molar-refractivity contribution in [2.24, 2.45) is 11.8 Å². The highest BCUT2D eigenvalue weighted by Crippen LogP contribution is 2.38. The lowest BCUT2D eigenvalue weighted by Crippen LogP contribution is -2.42. The molecule has 2 fully saturated rings. The van der Waals surface area contributed by atoms with E-state index >= 15 is 0 Å². The maximum absolute atomic E-state index is 5.80. The van der Waals surface area contributed by atoms with Gasteiger partial charge in [-0.05, 0) is 24.7 Å². The van der Waals surface area contributed by atoms with Crippen LogP contribution in [0.3, 0.4) is 0 Å². The molecule has 5 nitrogen and oxygen atoms in total. The molecule has 2 heterocycles. The lowest BCUT2D eigenvalue weighted by Gasteiger charge is -2.41. The SMILES string of the molecule is Nc1nnc(N2CCC3CCCCC3C2)c(-c2ccccc2)n1. The summed E-state index contributed by atoms with van der Waals surface area (Å²) in [6.07, 6.45) is 6.77. The van der Waals surface area contributed by atoms with Gasteiger partial charge in [-0.15, -0.1) is 10.2 Å². The smallest absolute Gasteiger partial charge is 0.240 e. The van der Waals surface area contributed by atoms with Gasteiger partial charge in [-0.25, -0.2) is 4.98 Å². The lowest BCUT2D eigenvalue weighted by atomic mass is 9.75. The molecule has 1 aromatic carbocycles. The fraction of sp³-hybridized carbons (Fsp3) is 0.500. The Bertz CT molecular complexity index is 672. The minimum atomic E-state index is 0.236. The maximum Gasteiger partial charge on any atom is 0.240 e. The molecule has 2 N–H and O–H groups in total. The van der Waals surface area contributed by atoms with Crippen molar-refractivity contribution in [2.75, 3.05) is 23.7 Å². The van der Waals surface area contributed by atoms with E-state index in [1.807, 2.05) is 18.2 Å². The Labute approximate surface area is 136 Å². The molecular formula is C18H23N5. The van der Waals surface area contributed by atoms with Crippen molar-refractivity contribution in [3.63, 3.8) is 0 Å². The first kappa shape index (κ1) is 14.4. The van der Waals surface area contributed by atoms with Crippen molar-refractivity contribution in [2.45, 2.75) is 32.1 Å². The average molecular weight is 309 g/mol. The van der Waals surface area contributed by atoms with E-state index < -0.39 is 0 Å². The van der Waals surface area contributed by atoms with Gasteiger partial charge < -0.3 is 10.6 Å². The summed E-state index contributed by atoms with van der Waals surface area (Å²) in [5, 5.41) is 8.42. The second-order valence-electron chi connectivity index (χ2n) is 6.75. The first-order valence-corrected chi connectivity index (χ1v) is 8.62. The van der Waals surface area contributed by atoms with Crippen LogP contribution in [0.2, 0.25) is 0 Å². The van der Waals surface area contributed by atoms with Crippen LogP contribution in [-0.4, -0.2) is 28.3 Å². The van der Waals surface area contributed by atoms with Crippen LogP contribution in [0.5, 0.6) is 0 Å². The molecule has 1 aromatic heterocycles. The number of hydrogen-bond donors (Lipinski definition) is 1. The minimum absolute atomic E-state index is 0.236. The van der Waals surface area contributed by atoms with Crippen LogP contribution in [-0.2, 0) is 0 Å². The monoisotopic (exact) mass is 309 g/mol. The van der Waals surface area contributed by atoms with Gasteiger partial charge in [0.15, 0.2) is 5.82 Å². The Morgan fingerprint density at radius 3 is 2.57 bits per heavy atom. The zero-order chi connectivity index (χ0) is 15.6. The van der Waals surface area contributed by atoms with Crippen LogP contribution in [0, 0.1) is 11.8 Å². The van der Waals surface area contributed by atoms with Crippen molar-refractivity contribution < 1.29 is 0 Å². The maximum atomic E-state index is 5.80. The molecule has 5 heteroatoms.